The van der Waals surface area contributed by atoms with E-state index in [2.05, 4.69) is 24.3 Å². The molecule has 4 aromatic carbocycles. The van der Waals surface area contributed by atoms with Crippen LogP contribution < -0.4 is 4.74 Å². The fraction of sp³-hybridized carbons (Fsp3) is 0.0357. The smallest absolute Gasteiger partial charge is 0.196 e. The number of carbonyl (C=O) groups excluding carboxylic acids is 1. The summed E-state index contributed by atoms with van der Waals surface area (Å²) in [4.78, 5) is 13.3. The van der Waals surface area contributed by atoms with Crippen LogP contribution in [0.2, 0.25) is 0 Å². The first-order chi connectivity index (χ1) is 14.8. The number of carbonyl (C=O) groups is 1. The minimum atomic E-state index is -0.428. The maximum Gasteiger partial charge on any atom is 0.196 e. The molecule has 1 unspecified atom stereocenters. The van der Waals surface area contributed by atoms with Gasteiger partial charge in [0.2, 0.25) is 0 Å². The summed E-state index contributed by atoms with van der Waals surface area (Å²) < 4.78 is 6.28. The largest absolute Gasteiger partial charge is 0.480 e. The Hall–Kier alpha value is -3.91. The number of ether oxygens (including phenoxy) is 1. The van der Waals surface area contributed by atoms with E-state index in [1.165, 1.54) is 5.56 Å². The zero-order valence-corrected chi connectivity index (χ0v) is 16.4. The molecule has 0 aromatic heterocycles. The lowest BCUT2D eigenvalue weighted by molar-refractivity contribution is 0.0963. The minimum absolute atomic E-state index is 0.0119. The van der Waals surface area contributed by atoms with Crippen molar-refractivity contribution in [1.82, 2.24) is 0 Å². The summed E-state index contributed by atoms with van der Waals surface area (Å²) in [6.07, 6.45) is 1.52. The summed E-state index contributed by atoms with van der Waals surface area (Å²) in [7, 11) is 0. The van der Waals surface area contributed by atoms with Crippen LogP contribution in [0.4, 0.5) is 0 Å². The van der Waals surface area contributed by atoms with Gasteiger partial charge in [-0.25, -0.2) is 0 Å². The minimum Gasteiger partial charge on any atom is -0.480 e. The molecule has 2 nitrogen and oxygen atoms in total. The second kappa shape index (κ2) is 7.84. The topological polar surface area (TPSA) is 26.3 Å². The average Bonchev–Trinajstić information content (AvgIpc) is 2.82. The second-order valence-electron chi connectivity index (χ2n) is 7.32. The van der Waals surface area contributed by atoms with E-state index in [1.807, 2.05) is 91.0 Å². The predicted molar refractivity (Wildman–Crippen MR) is 120 cm³/mol. The highest BCUT2D eigenvalue weighted by molar-refractivity contribution is 6.14. The third-order valence-corrected chi connectivity index (χ3v) is 5.36. The molecule has 0 saturated carbocycles. The van der Waals surface area contributed by atoms with E-state index in [1.54, 1.807) is 0 Å². The van der Waals surface area contributed by atoms with Crippen LogP contribution in [0.1, 0.15) is 27.6 Å². The molecule has 0 radical (unpaired) electrons. The Balaban J connectivity index is 1.56. The van der Waals surface area contributed by atoms with E-state index in [0.717, 1.165) is 16.7 Å². The molecular weight excluding hydrogens is 368 g/mol. The van der Waals surface area contributed by atoms with Gasteiger partial charge in [0.05, 0.1) is 5.56 Å². The summed E-state index contributed by atoms with van der Waals surface area (Å²) in [5.74, 6) is 0.644. The van der Waals surface area contributed by atoms with Crippen LogP contribution >= 0.6 is 0 Å². The molecule has 1 aliphatic rings. The molecule has 0 fully saturated rings. The maximum atomic E-state index is 13.3. The molecule has 1 heterocycles. The van der Waals surface area contributed by atoms with Crippen LogP contribution in [0.25, 0.3) is 17.2 Å². The first kappa shape index (κ1) is 18.1. The lowest BCUT2D eigenvalue weighted by atomic mass is 9.89. The maximum absolute atomic E-state index is 13.3. The number of rotatable bonds is 3. The monoisotopic (exact) mass is 388 g/mol. The fourth-order valence-corrected chi connectivity index (χ4v) is 3.82. The third-order valence-electron chi connectivity index (χ3n) is 5.36. The van der Waals surface area contributed by atoms with Crippen LogP contribution in [-0.2, 0) is 0 Å². The molecular formula is C28H20O2. The molecule has 30 heavy (non-hydrogen) atoms. The number of hydrogen-bond donors (Lipinski definition) is 0. The van der Waals surface area contributed by atoms with Crippen LogP contribution in [0.15, 0.2) is 115 Å². The molecule has 0 amide bonds. The van der Waals surface area contributed by atoms with Gasteiger partial charge < -0.3 is 4.74 Å². The number of fused-ring (bicyclic) bond motifs is 1. The van der Waals surface area contributed by atoms with E-state index in [4.69, 9.17) is 4.74 Å². The van der Waals surface area contributed by atoms with E-state index in [9.17, 15) is 4.79 Å². The molecule has 0 N–H and O–H groups in total. The van der Waals surface area contributed by atoms with Crippen molar-refractivity contribution in [1.29, 1.82) is 0 Å². The van der Waals surface area contributed by atoms with Crippen molar-refractivity contribution in [2.24, 2.45) is 0 Å². The van der Waals surface area contributed by atoms with Gasteiger partial charge >= 0.3 is 0 Å². The Bertz CT molecular complexity index is 1210. The molecule has 0 bridgehead atoms. The van der Waals surface area contributed by atoms with Crippen molar-refractivity contribution in [2.45, 2.75) is 6.10 Å². The molecule has 1 atom stereocenters. The zero-order chi connectivity index (χ0) is 20.3. The highest BCUT2D eigenvalue weighted by atomic mass is 16.5. The lowest BCUT2D eigenvalue weighted by Crippen LogP contribution is -2.23. The number of hydrogen-bond acceptors (Lipinski definition) is 2. The van der Waals surface area contributed by atoms with E-state index in [0.29, 0.717) is 16.9 Å². The molecule has 1 aliphatic heterocycles. The highest BCUT2D eigenvalue weighted by Crippen LogP contribution is 2.39. The first-order valence-electron chi connectivity index (χ1n) is 10.0. The van der Waals surface area contributed by atoms with Crippen LogP contribution in [0.3, 0.4) is 0 Å². The number of Topliss-reactive ketones (excluding diaryl/α,β-unsaturated/α-hetero) is 1. The van der Waals surface area contributed by atoms with Crippen molar-refractivity contribution in [3.63, 3.8) is 0 Å². The Labute approximate surface area is 176 Å². The zero-order valence-electron chi connectivity index (χ0n) is 16.4. The summed E-state index contributed by atoms with van der Waals surface area (Å²) in [6, 6.07) is 35.9. The average molecular weight is 388 g/mol. The Morgan fingerprint density at radius 3 is 1.97 bits per heavy atom. The standard InChI is InChI=1S/C28H20O2/c29-27-24-13-7-8-14-26(24)30-28(23-11-5-2-6-12-23)25(27)19-20-15-17-22(18-16-20)21-9-3-1-4-10-21/h1-19,28H/b25-19-. The number of benzene rings is 4. The van der Waals surface area contributed by atoms with E-state index < -0.39 is 6.10 Å². The lowest BCUT2D eigenvalue weighted by Gasteiger charge is -2.28. The molecule has 2 heteroatoms. The number of para-hydroxylation sites is 1. The van der Waals surface area contributed by atoms with E-state index >= 15 is 0 Å². The highest BCUT2D eigenvalue weighted by Gasteiger charge is 2.32. The second-order valence-corrected chi connectivity index (χ2v) is 7.32. The Kier molecular flexibility index (Phi) is 4.74. The predicted octanol–water partition coefficient (Wildman–Crippen LogP) is 6.75. The fourth-order valence-electron chi connectivity index (χ4n) is 3.82. The number of ketones is 1. The molecule has 5 rings (SSSR count). The summed E-state index contributed by atoms with van der Waals surface area (Å²) in [6.45, 7) is 0. The summed E-state index contributed by atoms with van der Waals surface area (Å²) in [5, 5.41) is 0. The Morgan fingerprint density at radius 1 is 0.633 bits per heavy atom. The van der Waals surface area contributed by atoms with Crippen molar-refractivity contribution in [3.8, 4) is 16.9 Å². The van der Waals surface area contributed by atoms with Gasteiger partial charge in [-0.05, 0) is 40.5 Å². The van der Waals surface area contributed by atoms with Gasteiger partial charge in [0.25, 0.3) is 0 Å². The van der Waals surface area contributed by atoms with Gasteiger partial charge in [0, 0.05) is 5.57 Å². The SMILES string of the molecule is O=C1/C(=C/c2ccc(-c3ccccc3)cc2)C(c2ccccc2)Oc2ccccc21. The van der Waals surface area contributed by atoms with Crippen molar-refractivity contribution < 1.29 is 9.53 Å². The first-order valence-corrected chi connectivity index (χ1v) is 10.0. The van der Waals surface area contributed by atoms with Crippen LogP contribution in [0.5, 0.6) is 5.75 Å². The van der Waals surface area contributed by atoms with Crippen molar-refractivity contribution in [2.75, 3.05) is 0 Å². The van der Waals surface area contributed by atoms with Gasteiger partial charge in [-0.1, -0.05) is 97.1 Å². The third kappa shape index (κ3) is 3.44. The van der Waals surface area contributed by atoms with Gasteiger partial charge in [-0.2, -0.15) is 0 Å². The van der Waals surface area contributed by atoms with Crippen LogP contribution in [-0.4, -0.2) is 5.78 Å². The molecule has 0 saturated heterocycles. The van der Waals surface area contributed by atoms with E-state index in [-0.39, 0.29) is 5.78 Å². The van der Waals surface area contributed by atoms with Crippen LogP contribution in [0, 0.1) is 0 Å². The normalized spacial score (nSPS) is 16.7. The molecule has 4 aromatic rings. The van der Waals surface area contributed by atoms with Gasteiger partial charge in [-0.3, -0.25) is 4.79 Å². The van der Waals surface area contributed by atoms with Crippen molar-refractivity contribution in [3.05, 3.63) is 131 Å². The molecule has 0 spiro atoms. The van der Waals surface area contributed by atoms with Crippen molar-refractivity contribution >= 4 is 11.9 Å². The Morgan fingerprint density at radius 2 is 1.23 bits per heavy atom. The van der Waals surface area contributed by atoms with Gasteiger partial charge in [0.15, 0.2) is 11.9 Å². The summed E-state index contributed by atoms with van der Waals surface area (Å²) in [5.41, 5.74) is 5.51. The van der Waals surface area contributed by atoms with Gasteiger partial charge in [-0.15, -0.1) is 0 Å². The summed E-state index contributed by atoms with van der Waals surface area (Å²) >= 11 is 0. The molecule has 144 valence electrons. The van der Waals surface area contributed by atoms with Gasteiger partial charge in [0.1, 0.15) is 5.75 Å². The molecule has 0 aliphatic carbocycles. The quantitative estimate of drug-likeness (QED) is 0.363.